The van der Waals surface area contributed by atoms with Gasteiger partial charge in [0, 0.05) is 5.57 Å². The summed E-state index contributed by atoms with van der Waals surface area (Å²) >= 11 is 0. The van der Waals surface area contributed by atoms with Gasteiger partial charge < -0.3 is 9.05 Å². The van der Waals surface area contributed by atoms with Gasteiger partial charge in [-0.2, -0.15) is 0 Å². The van der Waals surface area contributed by atoms with E-state index in [4.69, 9.17) is 9.05 Å². The molecule has 0 saturated heterocycles. The van der Waals surface area contributed by atoms with Gasteiger partial charge in [-0.1, -0.05) is 43.2 Å². The number of benzene rings is 1. The van der Waals surface area contributed by atoms with Crippen LogP contribution in [0.2, 0.25) is 0 Å². The predicted octanol–water partition coefficient (Wildman–Crippen LogP) is 5.60. The molecule has 2 rings (SSSR count). The Hall–Kier alpha value is -1.44. The summed E-state index contributed by atoms with van der Waals surface area (Å²) < 4.78 is 23.9. The Morgan fingerprint density at radius 1 is 1.16 bits per heavy atom. The van der Waals surface area contributed by atoms with E-state index < -0.39 is 18.5 Å². The minimum absolute atomic E-state index is 0.174. The molecule has 136 valence electrons. The van der Waals surface area contributed by atoms with Crippen LogP contribution in [0.4, 0.5) is 0 Å². The molecular weight excluding hydrogens is 335 g/mol. The second-order valence-corrected chi connectivity index (χ2v) is 8.02. The highest BCUT2D eigenvalue weighted by Gasteiger charge is 2.53. The monoisotopic (exact) mass is 362 g/mol. The lowest BCUT2D eigenvalue weighted by molar-refractivity contribution is -0.120. The van der Waals surface area contributed by atoms with Crippen LogP contribution in [0.5, 0.6) is 0 Å². The fraction of sp³-hybridized carbons (Fsp3) is 0.500. The van der Waals surface area contributed by atoms with Crippen LogP contribution in [-0.4, -0.2) is 18.7 Å². The maximum atomic E-state index is 13.5. The number of rotatable bonds is 8. The van der Waals surface area contributed by atoms with Crippen molar-refractivity contribution in [3.8, 4) is 0 Å². The van der Waals surface area contributed by atoms with Gasteiger partial charge in [0.1, 0.15) is 0 Å². The lowest BCUT2D eigenvalue weighted by Gasteiger charge is -2.32. The number of hydrogen-bond acceptors (Lipinski definition) is 4. The molecular formula is C20H27O4P. The largest absolute Gasteiger partial charge is 0.397 e. The Labute approximate surface area is 150 Å². The Morgan fingerprint density at radius 2 is 1.72 bits per heavy atom. The van der Waals surface area contributed by atoms with E-state index in [2.05, 4.69) is 5.73 Å². The van der Waals surface area contributed by atoms with E-state index in [-0.39, 0.29) is 13.2 Å². The number of hydrogen-bond donors (Lipinski definition) is 0. The third-order valence-corrected chi connectivity index (χ3v) is 6.66. The smallest absolute Gasteiger partial charge is 0.303 e. The van der Waals surface area contributed by atoms with E-state index in [0.29, 0.717) is 12.8 Å². The van der Waals surface area contributed by atoms with Gasteiger partial charge in [0.25, 0.3) is 5.52 Å². The van der Waals surface area contributed by atoms with Crippen LogP contribution in [-0.2, 0) is 18.4 Å². The third-order valence-electron chi connectivity index (χ3n) is 4.54. The molecule has 0 heterocycles. The molecule has 0 unspecified atom stereocenters. The third kappa shape index (κ3) is 4.04. The zero-order valence-electron chi connectivity index (χ0n) is 15.3. The predicted molar refractivity (Wildman–Crippen MR) is 100 cm³/mol. The van der Waals surface area contributed by atoms with E-state index in [0.717, 1.165) is 24.0 Å². The molecule has 1 aliphatic carbocycles. The zero-order valence-corrected chi connectivity index (χ0v) is 16.2. The molecule has 0 N–H and O–H groups in total. The summed E-state index contributed by atoms with van der Waals surface area (Å²) in [7, 11) is -3.84. The standard InChI is InChI=1S/C20H27O4P/c1-4-12-18(17-13-8-7-9-14-17)20(15-10-11-16-20)19(21)25(22,23-5-2)24-6-3/h4,7-9,13-14H,5-6,10-11,15-16H2,1-3H3. The zero-order chi connectivity index (χ0) is 18.3. The maximum absolute atomic E-state index is 13.5. The van der Waals surface area contributed by atoms with Crippen LogP contribution in [0.15, 0.2) is 42.1 Å². The van der Waals surface area contributed by atoms with Crippen molar-refractivity contribution in [1.29, 1.82) is 0 Å². The molecule has 1 fully saturated rings. The first kappa shape index (κ1) is 19.9. The molecule has 1 saturated carbocycles. The summed E-state index contributed by atoms with van der Waals surface area (Å²) in [4.78, 5) is 13.5. The minimum Gasteiger partial charge on any atom is -0.303 e. The average Bonchev–Trinajstić information content (AvgIpc) is 3.10. The van der Waals surface area contributed by atoms with E-state index in [1.165, 1.54) is 0 Å². The van der Waals surface area contributed by atoms with Crippen LogP contribution in [0.3, 0.4) is 0 Å². The van der Waals surface area contributed by atoms with Crippen molar-refractivity contribution >= 4 is 18.7 Å². The van der Waals surface area contributed by atoms with Gasteiger partial charge in [-0.05, 0) is 45.3 Å². The van der Waals surface area contributed by atoms with Crippen molar-refractivity contribution in [2.45, 2.75) is 46.5 Å². The molecule has 25 heavy (non-hydrogen) atoms. The lowest BCUT2D eigenvalue weighted by atomic mass is 9.76. The molecule has 0 atom stereocenters. The first-order valence-electron chi connectivity index (χ1n) is 8.95. The summed E-state index contributed by atoms with van der Waals surface area (Å²) in [6.07, 6.45) is 4.90. The molecule has 0 radical (unpaired) electrons. The Balaban J connectivity index is 2.59. The first-order valence-corrected chi connectivity index (χ1v) is 10.5. The molecule has 4 nitrogen and oxygen atoms in total. The van der Waals surface area contributed by atoms with Crippen molar-refractivity contribution in [1.82, 2.24) is 0 Å². The van der Waals surface area contributed by atoms with Crippen molar-refractivity contribution in [2.24, 2.45) is 5.41 Å². The van der Waals surface area contributed by atoms with Crippen LogP contribution < -0.4 is 0 Å². The normalized spacial score (nSPS) is 16.3. The fourth-order valence-electron chi connectivity index (χ4n) is 3.55. The summed E-state index contributed by atoms with van der Waals surface area (Å²) in [6.45, 7) is 5.67. The highest BCUT2D eigenvalue weighted by atomic mass is 31.2. The summed E-state index contributed by atoms with van der Waals surface area (Å²) in [5.74, 6) is 0. The van der Waals surface area contributed by atoms with Crippen molar-refractivity contribution in [3.63, 3.8) is 0 Å². The van der Waals surface area contributed by atoms with Crippen LogP contribution in [0.1, 0.15) is 52.0 Å². The Bertz CT molecular complexity index is 686. The second kappa shape index (κ2) is 8.78. The SMILES string of the molecule is CC=C=C(c1ccccc1)C1(C(=O)P(=O)(OCC)OCC)CCCC1. The highest BCUT2D eigenvalue weighted by molar-refractivity contribution is 7.72. The van der Waals surface area contributed by atoms with Crippen molar-refractivity contribution in [2.75, 3.05) is 13.2 Å². The molecule has 0 aromatic heterocycles. The first-order chi connectivity index (χ1) is 12.0. The van der Waals surface area contributed by atoms with Crippen LogP contribution >= 0.6 is 7.60 Å². The van der Waals surface area contributed by atoms with Gasteiger partial charge in [-0.3, -0.25) is 9.36 Å². The summed E-state index contributed by atoms with van der Waals surface area (Å²) in [6, 6.07) is 9.73. The molecule has 0 aliphatic heterocycles. The quantitative estimate of drug-likeness (QED) is 0.446. The van der Waals surface area contributed by atoms with Gasteiger partial charge in [0.2, 0.25) is 0 Å². The Kier molecular flexibility index (Phi) is 6.98. The van der Waals surface area contributed by atoms with E-state index in [1.54, 1.807) is 13.8 Å². The molecule has 0 spiro atoms. The van der Waals surface area contributed by atoms with Crippen molar-refractivity contribution in [3.05, 3.63) is 47.7 Å². The van der Waals surface area contributed by atoms with Gasteiger partial charge in [0.15, 0.2) is 0 Å². The number of allylic oxidation sites excluding steroid dienone is 1. The van der Waals surface area contributed by atoms with E-state index in [1.807, 2.05) is 43.3 Å². The molecule has 1 aromatic rings. The van der Waals surface area contributed by atoms with Crippen LogP contribution in [0.25, 0.3) is 5.57 Å². The molecule has 1 aliphatic rings. The lowest BCUT2D eigenvalue weighted by Crippen LogP contribution is -2.30. The van der Waals surface area contributed by atoms with Crippen LogP contribution in [0, 0.1) is 5.41 Å². The van der Waals surface area contributed by atoms with Gasteiger partial charge in [-0.25, -0.2) is 0 Å². The van der Waals surface area contributed by atoms with E-state index >= 15 is 0 Å². The fourth-order valence-corrected chi connectivity index (χ4v) is 5.40. The Morgan fingerprint density at radius 3 is 2.20 bits per heavy atom. The molecule has 1 aromatic carbocycles. The van der Waals surface area contributed by atoms with E-state index in [9.17, 15) is 9.36 Å². The summed E-state index contributed by atoms with van der Waals surface area (Å²) in [5, 5.41) is 0. The topological polar surface area (TPSA) is 52.6 Å². The van der Waals surface area contributed by atoms with Crippen molar-refractivity contribution < 1.29 is 18.4 Å². The summed E-state index contributed by atoms with van der Waals surface area (Å²) in [5.41, 5.74) is 3.68. The number of carbonyl (C=O) groups is 1. The second-order valence-electron chi connectivity index (χ2n) is 6.10. The average molecular weight is 362 g/mol. The number of carbonyl (C=O) groups excluding carboxylic acids is 1. The maximum Gasteiger partial charge on any atom is 0.397 e. The molecule has 0 bridgehead atoms. The minimum atomic E-state index is -3.84. The van der Waals surface area contributed by atoms with Gasteiger partial charge in [0.05, 0.1) is 18.6 Å². The molecule has 0 amide bonds. The highest BCUT2D eigenvalue weighted by Crippen LogP contribution is 2.61. The molecule has 5 heteroatoms. The van der Waals surface area contributed by atoms with Gasteiger partial charge in [-0.15, -0.1) is 5.73 Å². The van der Waals surface area contributed by atoms with Gasteiger partial charge >= 0.3 is 7.60 Å².